The molecule has 3 heteroatoms. The fourth-order valence-corrected chi connectivity index (χ4v) is 2.74. The minimum Gasteiger partial charge on any atom is -0.393 e. The average molecular weight is 235 g/mol. The van der Waals surface area contributed by atoms with E-state index in [0.29, 0.717) is 0 Å². The van der Waals surface area contributed by atoms with Gasteiger partial charge in [-0.3, -0.25) is 0 Å². The molecule has 11 heavy (non-hydrogen) atoms. The zero-order valence-corrected chi connectivity index (χ0v) is 8.95. The molecule has 1 heterocycles. The summed E-state index contributed by atoms with van der Waals surface area (Å²) in [6.07, 6.45) is -0.273. The Morgan fingerprint density at radius 2 is 2.18 bits per heavy atom. The Bertz CT molecular complexity index is 232. The monoisotopic (exact) mass is 234 g/mol. The van der Waals surface area contributed by atoms with E-state index in [2.05, 4.69) is 15.9 Å². The van der Waals surface area contributed by atoms with Crippen LogP contribution < -0.4 is 0 Å². The summed E-state index contributed by atoms with van der Waals surface area (Å²) in [6.45, 7) is 3.85. The van der Waals surface area contributed by atoms with E-state index in [4.69, 9.17) is 0 Å². The summed E-state index contributed by atoms with van der Waals surface area (Å²) in [4.78, 5) is 1.22. The van der Waals surface area contributed by atoms with Crippen LogP contribution in [0.1, 0.15) is 24.6 Å². The fraction of sp³-hybridized carbons (Fsp3) is 0.500. The molecule has 1 rings (SSSR count). The van der Waals surface area contributed by atoms with Gasteiger partial charge in [0, 0.05) is 15.3 Å². The molecule has 0 radical (unpaired) electrons. The molecule has 1 aromatic rings. The lowest BCUT2D eigenvalue weighted by atomic mass is 10.1. The quantitative estimate of drug-likeness (QED) is 0.835. The molecule has 2 atom stereocenters. The third kappa shape index (κ3) is 2.04. The van der Waals surface area contributed by atoms with E-state index in [1.807, 2.05) is 25.3 Å². The van der Waals surface area contributed by atoms with Gasteiger partial charge in [-0.1, -0.05) is 6.92 Å². The number of aliphatic hydroxyl groups is 1. The van der Waals surface area contributed by atoms with Crippen LogP contribution in [0.4, 0.5) is 0 Å². The summed E-state index contributed by atoms with van der Waals surface area (Å²) in [6, 6.07) is 2.01. The highest BCUT2D eigenvalue weighted by atomic mass is 79.9. The van der Waals surface area contributed by atoms with Gasteiger partial charge in [-0.15, -0.1) is 11.3 Å². The molecule has 0 aliphatic rings. The summed E-state index contributed by atoms with van der Waals surface area (Å²) in [7, 11) is 0. The summed E-state index contributed by atoms with van der Waals surface area (Å²) < 4.78 is 1.11. The highest BCUT2D eigenvalue weighted by Gasteiger charge is 2.15. The second-order valence-electron chi connectivity index (χ2n) is 2.66. The van der Waals surface area contributed by atoms with Crippen LogP contribution in [0.5, 0.6) is 0 Å². The van der Waals surface area contributed by atoms with Crippen molar-refractivity contribution in [3.8, 4) is 0 Å². The number of halogens is 1. The van der Waals surface area contributed by atoms with Crippen molar-refractivity contribution in [2.45, 2.75) is 25.9 Å². The maximum Gasteiger partial charge on any atom is 0.0586 e. The van der Waals surface area contributed by atoms with Gasteiger partial charge in [0.2, 0.25) is 0 Å². The molecule has 0 aliphatic carbocycles. The Labute approximate surface area is 79.2 Å². The van der Waals surface area contributed by atoms with Crippen LogP contribution in [-0.2, 0) is 0 Å². The molecular weight excluding hydrogens is 224 g/mol. The Hall–Kier alpha value is 0.140. The zero-order valence-electron chi connectivity index (χ0n) is 6.54. The molecule has 1 N–H and O–H groups in total. The SMILES string of the molecule is CC(O)C(C)c1sccc1Br. The van der Waals surface area contributed by atoms with Gasteiger partial charge in [-0.05, 0) is 34.3 Å². The number of hydrogen-bond donors (Lipinski definition) is 1. The van der Waals surface area contributed by atoms with E-state index in [9.17, 15) is 5.11 Å². The van der Waals surface area contributed by atoms with Gasteiger partial charge in [0.15, 0.2) is 0 Å². The average Bonchev–Trinajstić information content (AvgIpc) is 2.33. The fourth-order valence-electron chi connectivity index (χ4n) is 0.849. The maximum absolute atomic E-state index is 9.30. The first kappa shape index (κ1) is 9.23. The smallest absolute Gasteiger partial charge is 0.0586 e. The van der Waals surface area contributed by atoms with Gasteiger partial charge in [0.25, 0.3) is 0 Å². The highest BCUT2D eigenvalue weighted by Crippen LogP contribution is 2.31. The van der Waals surface area contributed by atoms with Crippen molar-refractivity contribution in [3.05, 3.63) is 20.8 Å². The predicted molar refractivity (Wildman–Crippen MR) is 52.1 cm³/mol. The van der Waals surface area contributed by atoms with Crippen molar-refractivity contribution < 1.29 is 5.11 Å². The van der Waals surface area contributed by atoms with Crippen molar-refractivity contribution >= 4 is 27.3 Å². The molecule has 0 saturated heterocycles. The Balaban J connectivity index is 2.84. The highest BCUT2D eigenvalue weighted by molar-refractivity contribution is 9.10. The summed E-state index contributed by atoms with van der Waals surface area (Å²) in [5, 5.41) is 11.3. The lowest BCUT2D eigenvalue weighted by Crippen LogP contribution is -2.09. The van der Waals surface area contributed by atoms with Crippen molar-refractivity contribution in [2.75, 3.05) is 0 Å². The third-order valence-electron chi connectivity index (χ3n) is 1.78. The molecular formula is C8H11BrOS. The van der Waals surface area contributed by atoms with Gasteiger partial charge < -0.3 is 5.11 Å². The standard InChI is InChI=1S/C8H11BrOS/c1-5(6(2)10)8-7(9)3-4-11-8/h3-6,10H,1-2H3. The van der Waals surface area contributed by atoms with Crippen molar-refractivity contribution in [2.24, 2.45) is 0 Å². The first-order valence-electron chi connectivity index (χ1n) is 3.54. The van der Waals surface area contributed by atoms with Gasteiger partial charge in [0.1, 0.15) is 0 Å². The number of rotatable bonds is 2. The Morgan fingerprint density at radius 1 is 1.55 bits per heavy atom. The lowest BCUT2D eigenvalue weighted by molar-refractivity contribution is 0.170. The van der Waals surface area contributed by atoms with Gasteiger partial charge in [-0.2, -0.15) is 0 Å². The predicted octanol–water partition coefficient (Wildman–Crippen LogP) is 2.99. The molecule has 0 amide bonds. The minimum atomic E-state index is -0.273. The summed E-state index contributed by atoms with van der Waals surface area (Å²) in [5.41, 5.74) is 0. The van der Waals surface area contributed by atoms with E-state index in [1.54, 1.807) is 11.3 Å². The molecule has 1 nitrogen and oxygen atoms in total. The van der Waals surface area contributed by atoms with Crippen LogP contribution in [-0.4, -0.2) is 11.2 Å². The van der Waals surface area contributed by atoms with Crippen LogP contribution in [0.3, 0.4) is 0 Å². The van der Waals surface area contributed by atoms with Gasteiger partial charge >= 0.3 is 0 Å². The molecule has 1 aromatic heterocycles. The molecule has 62 valence electrons. The van der Waals surface area contributed by atoms with E-state index in [-0.39, 0.29) is 12.0 Å². The number of thiophene rings is 1. The minimum absolute atomic E-state index is 0.226. The van der Waals surface area contributed by atoms with Crippen LogP contribution in [0.2, 0.25) is 0 Å². The van der Waals surface area contributed by atoms with E-state index in [1.165, 1.54) is 4.88 Å². The van der Waals surface area contributed by atoms with Crippen LogP contribution in [0, 0.1) is 0 Å². The lowest BCUT2D eigenvalue weighted by Gasteiger charge is -2.12. The summed E-state index contributed by atoms with van der Waals surface area (Å²) >= 11 is 5.11. The van der Waals surface area contributed by atoms with E-state index in [0.717, 1.165) is 4.47 Å². The molecule has 0 aromatic carbocycles. The molecule has 0 aliphatic heterocycles. The first-order chi connectivity index (χ1) is 5.13. The number of hydrogen-bond acceptors (Lipinski definition) is 2. The van der Waals surface area contributed by atoms with Crippen LogP contribution >= 0.6 is 27.3 Å². The summed E-state index contributed by atoms with van der Waals surface area (Å²) in [5.74, 6) is 0.226. The first-order valence-corrected chi connectivity index (χ1v) is 5.21. The van der Waals surface area contributed by atoms with E-state index >= 15 is 0 Å². The van der Waals surface area contributed by atoms with Crippen LogP contribution in [0.15, 0.2) is 15.9 Å². The van der Waals surface area contributed by atoms with Crippen molar-refractivity contribution in [1.82, 2.24) is 0 Å². The molecule has 0 saturated carbocycles. The Morgan fingerprint density at radius 3 is 2.55 bits per heavy atom. The normalized spacial score (nSPS) is 16.4. The van der Waals surface area contributed by atoms with Crippen molar-refractivity contribution in [3.63, 3.8) is 0 Å². The number of aliphatic hydroxyl groups excluding tert-OH is 1. The molecule has 2 unspecified atom stereocenters. The maximum atomic E-state index is 9.30. The van der Waals surface area contributed by atoms with Gasteiger partial charge in [-0.25, -0.2) is 0 Å². The zero-order chi connectivity index (χ0) is 8.43. The van der Waals surface area contributed by atoms with Crippen molar-refractivity contribution in [1.29, 1.82) is 0 Å². The third-order valence-corrected chi connectivity index (χ3v) is 3.85. The Kier molecular flexibility index (Phi) is 3.10. The largest absolute Gasteiger partial charge is 0.393 e. The van der Waals surface area contributed by atoms with E-state index < -0.39 is 0 Å². The second kappa shape index (κ2) is 3.70. The van der Waals surface area contributed by atoms with Crippen LogP contribution in [0.25, 0.3) is 0 Å². The second-order valence-corrected chi connectivity index (χ2v) is 4.46. The molecule has 0 spiro atoms. The molecule has 0 bridgehead atoms. The topological polar surface area (TPSA) is 20.2 Å². The van der Waals surface area contributed by atoms with Gasteiger partial charge in [0.05, 0.1) is 6.10 Å². The molecule has 0 fully saturated rings.